The highest BCUT2D eigenvalue weighted by molar-refractivity contribution is 7.80. The number of likely N-dealkylation sites (tertiary alicyclic amines) is 1. The van der Waals surface area contributed by atoms with Crippen LogP contribution in [0.15, 0.2) is 60.9 Å². The molecular formula is C27H30FN7O3S. The third kappa shape index (κ3) is 8.16. The quantitative estimate of drug-likeness (QED) is 0.378. The molecule has 4 rings (SSSR count). The van der Waals surface area contributed by atoms with Gasteiger partial charge in [0.05, 0.1) is 6.42 Å². The molecule has 0 bridgehead atoms. The molecule has 1 aliphatic heterocycles. The number of carbonyl (C=O) groups is 2. The van der Waals surface area contributed by atoms with Gasteiger partial charge >= 0.3 is 6.03 Å². The molecule has 12 heteroatoms. The number of urea groups is 1. The Bertz CT molecular complexity index is 1320. The van der Waals surface area contributed by atoms with Crippen LogP contribution >= 0.6 is 12.2 Å². The molecule has 1 aromatic heterocycles. The minimum atomic E-state index is -0.676. The summed E-state index contributed by atoms with van der Waals surface area (Å²) < 4.78 is 20.4. The van der Waals surface area contributed by atoms with Gasteiger partial charge in [0.2, 0.25) is 11.8 Å². The molecule has 3 aromatic rings. The molecule has 39 heavy (non-hydrogen) atoms. The minimum absolute atomic E-state index is 0.0467. The van der Waals surface area contributed by atoms with Crippen LogP contribution < -0.4 is 20.7 Å². The average Bonchev–Trinajstić information content (AvgIpc) is 2.91. The zero-order chi connectivity index (χ0) is 27.8. The number of carbonyl (C=O) groups excluding carboxylic acids is 2. The van der Waals surface area contributed by atoms with E-state index in [0.29, 0.717) is 5.69 Å². The van der Waals surface area contributed by atoms with Crippen molar-refractivity contribution < 1.29 is 18.7 Å². The zero-order valence-electron chi connectivity index (χ0n) is 21.7. The van der Waals surface area contributed by atoms with Crippen molar-refractivity contribution in [3.63, 3.8) is 0 Å². The summed E-state index contributed by atoms with van der Waals surface area (Å²) in [6.45, 7) is 1.87. The van der Waals surface area contributed by atoms with E-state index in [1.165, 1.54) is 24.5 Å². The zero-order valence-corrected chi connectivity index (χ0v) is 22.5. The molecule has 10 nitrogen and oxygen atoms in total. The minimum Gasteiger partial charge on any atom is -0.436 e. The van der Waals surface area contributed by atoms with Crippen molar-refractivity contribution in [2.45, 2.75) is 25.3 Å². The Morgan fingerprint density at radius 1 is 1.10 bits per heavy atom. The first-order valence-electron chi connectivity index (χ1n) is 12.4. The molecule has 204 valence electrons. The van der Waals surface area contributed by atoms with E-state index in [-0.39, 0.29) is 47.0 Å². The molecule has 0 saturated carbocycles. The number of rotatable bonds is 7. The number of benzene rings is 2. The number of ether oxygens (including phenoxy) is 1. The van der Waals surface area contributed by atoms with Crippen LogP contribution in [0.1, 0.15) is 18.4 Å². The van der Waals surface area contributed by atoms with E-state index in [0.717, 1.165) is 31.5 Å². The highest BCUT2D eigenvalue weighted by atomic mass is 32.1. The van der Waals surface area contributed by atoms with Crippen LogP contribution in [0.2, 0.25) is 0 Å². The number of hydrogen-bond donors (Lipinski definition) is 3. The Kier molecular flexibility index (Phi) is 9.34. The van der Waals surface area contributed by atoms with Crippen molar-refractivity contribution in [2.75, 3.05) is 37.8 Å². The average molecular weight is 552 g/mol. The van der Waals surface area contributed by atoms with Crippen molar-refractivity contribution in [3.05, 3.63) is 72.3 Å². The predicted octanol–water partition coefficient (Wildman–Crippen LogP) is 4.02. The molecule has 1 saturated heterocycles. The van der Waals surface area contributed by atoms with Crippen LogP contribution in [-0.4, -0.2) is 70.0 Å². The van der Waals surface area contributed by atoms with Gasteiger partial charge in [0.15, 0.2) is 16.7 Å². The number of nitrogens with zero attached hydrogens (tertiary/aromatic N) is 4. The number of halogens is 1. The molecule has 2 heterocycles. The first-order valence-corrected chi connectivity index (χ1v) is 12.8. The van der Waals surface area contributed by atoms with E-state index in [2.05, 4.69) is 37.9 Å². The van der Waals surface area contributed by atoms with Crippen LogP contribution in [-0.2, 0) is 11.2 Å². The molecule has 0 unspecified atom stereocenters. The van der Waals surface area contributed by atoms with E-state index in [9.17, 15) is 14.0 Å². The maximum absolute atomic E-state index is 14.8. The van der Waals surface area contributed by atoms with E-state index in [1.54, 1.807) is 18.0 Å². The van der Waals surface area contributed by atoms with E-state index >= 15 is 0 Å². The van der Waals surface area contributed by atoms with Crippen molar-refractivity contribution in [1.29, 1.82) is 0 Å². The van der Waals surface area contributed by atoms with Crippen molar-refractivity contribution in [3.8, 4) is 11.6 Å². The third-order valence-electron chi connectivity index (χ3n) is 6.30. The van der Waals surface area contributed by atoms with Crippen molar-refractivity contribution in [1.82, 2.24) is 25.1 Å². The second-order valence-electron chi connectivity index (χ2n) is 9.23. The second-order valence-corrected chi connectivity index (χ2v) is 9.64. The SMILES string of the molecule is CN1CCC(N(C)C(=O)Nc2cc(Oc3ccc(NC(=S)NC(=O)Cc4ccccc4)cc3F)ncn2)CC1. The van der Waals surface area contributed by atoms with Crippen LogP contribution in [0.3, 0.4) is 0 Å². The van der Waals surface area contributed by atoms with Crippen LogP contribution in [0.25, 0.3) is 0 Å². The van der Waals surface area contributed by atoms with Gasteiger partial charge in [0, 0.05) is 30.9 Å². The lowest BCUT2D eigenvalue weighted by atomic mass is 10.0. The lowest BCUT2D eigenvalue weighted by Gasteiger charge is -2.34. The Labute approximate surface area is 231 Å². The molecular weight excluding hydrogens is 521 g/mol. The second kappa shape index (κ2) is 13.1. The monoisotopic (exact) mass is 551 g/mol. The maximum Gasteiger partial charge on any atom is 0.323 e. The van der Waals surface area contributed by atoms with E-state index < -0.39 is 5.82 Å². The van der Waals surface area contributed by atoms with E-state index in [1.807, 2.05) is 30.3 Å². The largest absolute Gasteiger partial charge is 0.436 e. The van der Waals surface area contributed by atoms with Gasteiger partial charge in [-0.2, -0.15) is 0 Å². The molecule has 3 amide bonds. The van der Waals surface area contributed by atoms with Crippen molar-refractivity contribution in [2.24, 2.45) is 0 Å². The number of aromatic nitrogens is 2. The molecule has 3 N–H and O–H groups in total. The van der Waals surface area contributed by atoms with Crippen molar-refractivity contribution >= 4 is 40.8 Å². The van der Waals surface area contributed by atoms with Crippen LogP contribution in [0.4, 0.5) is 20.7 Å². The maximum atomic E-state index is 14.8. The lowest BCUT2D eigenvalue weighted by Crippen LogP contribution is -2.46. The van der Waals surface area contributed by atoms with Gasteiger partial charge in [0.1, 0.15) is 12.1 Å². The van der Waals surface area contributed by atoms with Crippen LogP contribution in [0.5, 0.6) is 11.6 Å². The number of anilines is 2. The van der Waals surface area contributed by atoms with Gasteiger partial charge < -0.3 is 25.2 Å². The highest BCUT2D eigenvalue weighted by Crippen LogP contribution is 2.26. The van der Waals surface area contributed by atoms with Gasteiger partial charge in [-0.05, 0) is 62.9 Å². The van der Waals surface area contributed by atoms with E-state index in [4.69, 9.17) is 17.0 Å². The molecule has 0 aliphatic carbocycles. The molecule has 0 radical (unpaired) electrons. The summed E-state index contributed by atoms with van der Waals surface area (Å²) in [4.78, 5) is 36.9. The molecule has 0 atom stereocenters. The fourth-order valence-corrected chi connectivity index (χ4v) is 4.33. The summed E-state index contributed by atoms with van der Waals surface area (Å²) >= 11 is 5.17. The van der Waals surface area contributed by atoms with Gasteiger partial charge in [0.25, 0.3) is 0 Å². The van der Waals surface area contributed by atoms with Crippen LogP contribution in [0, 0.1) is 5.82 Å². The topological polar surface area (TPSA) is 112 Å². The van der Waals surface area contributed by atoms with Gasteiger partial charge in [-0.1, -0.05) is 30.3 Å². The molecule has 2 aromatic carbocycles. The Hall–Kier alpha value is -4.16. The fraction of sp³-hybridized carbons (Fsp3) is 0.296. The first kappa shape index (κ1) is 27.9. The summed E-state index contributed by atoms with van der Waals surface area (Å²) in [6, 6.07) is 14.7. The molecule has 1 fully saturated rings. The predicted molar refractivity (Wildman–Crippen MR) is 150 cm³/mol. The number of hydrogen-bond acceptors (Lipinski definition) is 7. The number of nitrogens with one attached hydrogen (secondary N) is 3. The van der Waals surface area contributed by atoms with Gasteiger partial charge in [-0.3, -0.25) is 10.1 Å². The summed E-state index contributed by atoms with van der Waals surface area (Å²) in [6.07, 6.45) is 3.19. The third-order valence-corrected chi connectivity index (χ3v) is 6.50. The standard InChI is InChI=1S/C27H30FN7O3S/c1-34-12-10-20(11-13-34)35(2)27(37)32-23-16-25(30-17-29-23)38-22-9-8-19(15-21(22)28)31-26(39)33-24(36)14-18-6-4-3-5-7-18/h3-9,15-17,20H,10-14H2,1-2H3,(H,29,30,32,37)(H2,31,33,36,39). The molecule has 0 spiro atoms. The number of piperidine rings is 1. The Morgan fingerprint density at radius 2 is 1.85 bits per heavy atom. The Morgan fingerprint density at radius 3 is 2.56 bits per heavy atom. The number of amides is 3. The smallest absolute Gasteiger partial charge is 0.323 e. The fourth-order valence-electron chi connectivity index (χ4n) is 4.10. The Balaban J connectivity index is 1.30. The number of thiocarbonyl (C=S) groups is 1. The van der Waals surface area contributed by atoms with Gasteiger partial charge in [-0.15, -0.1) is 0 Å². The van der Waals surface area contributed by atoms with Gasteiger partial charge in [-0.25, -0.2) is 19.2 Å². The highest BCUT2D eigenvalue weighted by Gasteiger charge is 2.24. The summed E-state index contributed by atoms with van der Waals surface area (Å²) in [5.41, 5.74) is 1.18. The molecule has 1 aliphatic rings. The normalized spacial score (nSPS) is 13.8. The first-order chi connectivity index (χ1) is 18.8. The summed E-state index contributed by atoms with van der Waals surface area (Å²) in [5.74, 6) is -0.752. The lowest BCUT2D eigenvalue weighted by molar-refractivity contribution is -0.119. The summed E-state index contributed by atoms with van der Waals surface area (Å²) in [5, 5.41) is 8.15. The summed E-state index contributed by atoms with van der Waals surface area (Å²) in [7, 11) is 3.82.